The van der Waals surface area contributed by atoms with Gasteiger partial charge in [-0.1, -0.05) is 41.9 Å². The van der Waals surface area contributed by atoms with Crippen molar-refractivity contribution in [2.75, 3.05) is 25.1 Å². The van der Waals surface area contributed by atoms with Crippen LogP contribution in [0.25, 0.3) is 0 Å². The summed E-state index contributed by atoms with van der Waals surface area (Å²) in [5.74, 6) is 0.529. The number of nitriles is 1. The number of methoxy groups -OCH3 is 1. The molecular formula is C20H23ClN3O2+. The average molecular weight is 373 g/mol. The van der Waals surface area contributed by atoms with Crippen molar-refractivity contribution in [2.24, 2.45) is 0 Å². The van der Waals surface area contributed by atoms with Gasteiger partial charge in [0, 0.05) is 17.1 Å². The Morgan fingerprint density at radius 1 is 1.27 bits per heavy atom. The van der Waals surface area contributed by atoms with E-state index in [0.717, 1.165) is 5.56 Å². The lowest BCUT2D eigenvalue weighted by atomic mass is 10.1. The molecule has 0 radical (unpaired) electrons. The fraction of sp³-hybridized carbons (Fsp3) is 0.300. The number of anilines is 1. The van der Waals surface area contributed by atoms with Crippen LogP contribution in [0.5, 0.6) is 5.75 Å². The molecule has 2 N–H and O–H groups in total. The second kappa shape index (κ2) is 9.81. The van der Waals surface area contributed by atoms with Gasteiger partial charge < -0.3 is 15.0 Å². The van der Waals surface area contributed by atoms with Crippen molar-refractivity contribution in [3.63, 3.8) is 0 Å². The zero-order valence-corrected chi connectivity index (χ0v) is 15.7. The Balaban J connectivity index is 2.12. The van der Waals surface area contributed by atoms with Crippen LogP contribution < -0.4 is 15.0 Å². The van der Waals surface area contributed by atoms with Crippen molar-refractivity contribution in [1.29, 1.82) is 5.26 Å². The number of nitrogens with zero attached hydrogens (tertiary/aromatic N) is 2. The van der Waals surface area contributed by atoms with Crippen LogP contribution in [-0.4, -0.2) is 26.1 Å². The molecule has 2 aromatic rings. The van der Waals surface area contributed by atoms with Gasteiger partial charge in [-0.2, -0.15) is 5.26 Å². The van der Waals surface area contributed by atoms with Gasteiger partial charge in [0.1, 0.15) is 11.8 Å². The lowest BCUT2D eigenvalue weighted by Crippen LogP contribution is -2.87. The molecule has 0 unspecified atom stereocenters. The number of para-hydroxylation sites is 2. The maximum atomic E-state index is 12.8. The Labute approximate surface area is 159 Å². The second-order valence-electron chi connectivity index (χ2n) is 5.88. The number of quaternary nitrogens is 1. The smallest absolute Gasteiger partial charge is 0.282 e. The molecule has 136 valence electrons. The van der Waals surface area contributed by atoms with E-state index in [1.807, 2.05) is 54.7 Å². The summed E-state index contributed by atoms with van der Waals surface area (Å²) in [4.78, 5) is 14.4. The summed E-state index contributed by atoms with van der Waals surface area (Å²) in [6, 6.07) is 17.1. The van der Waals surface area contributed by atoms with Crippen LogP contribution in [0, 0.1) is 11.3 Å². The first kappa shape index (κ1) is 19.8. The molecule has 1 atom stereocenters. The maximum absolute atomic E-state index is 12.8. The van der Waals surface area contributed by atoms with Gasteiger partial charge in [-0.05, 0) is 25.1 Å². The van der Waals surface area contributed by atoms with Gasteiger partial charge in [0.2, 0.25) is 0 Å². The third kappa shape index (κ3) is 4.98. The van der Waals surface area contributed by atoms with Crippen LogP contribution >= 0.6 is 11.6 Å². The van der Waals surface area contributed by atoms with Crippen LogP contribution in [-0.2, 0) is 4.79 Å². The Kier molecular flexibility index (Phi) is 7.46. The fourth-order valence-corrected chi connectivity index (χ4v) is 3.06. The van der Waals surface area contributed by atoms with E-state index in [1.54, 1.807) is 18.1 Å². The molecule has 0 aliphatic rings. The quantitative estimate of drug-likeness (QED) is 0.774. The monoisotopic (exact) mass is 372 g/mol. The number of benzene rings is 2. The van der Waals surface area contributed by atoms with Gasteiger partial charge >= 0.3 is 0 Å². The van der Waals surface area contributed by atoms with E-state index in [-0.39, 0.29) is 24.9 Å². The molecule has 26 heavy (non-hydrogen) atoms. The summed E-state index contributed by atoms with van der Waals surface area (Å²) in [5.41, 5.74) is 1.66. The first-order valence-electron chi connectivity index (χ1n) is 8.46. The highest BCUT2D eigenvalue weighted by Gasteiger charge is 2.22. The van der Waals surface area contributed by atoms with E-state index in [9.17, 15) is 4.79 Å². The highest BCUT2D eigenvalue weighted by Crippen LogP contribution is 2.27. The number of amides is 1. The molecule has 0 aliphatic heterocycles. The highest BCUT2D eigenvalue weighted by molar-refractivity contribution is 6.31. The Bertz CT molecular complexity index is 789. The van der Waals surface area contributed by atoms with E-state index in [4.69, 9.17) is 21.6 Å². The SMILES string of the molecule is COc1ccccc1N(CCC#N)C(=O)C[NH2+][C@@H](C)c1ccccc1Cl. The zero-order chi connectivity index (χ0) is 18.9. The maximum Gasteiger partial charge on any atom is 0.282 e. The molecule has 0 spiro atoms. The van der Waals surface area contributed by atoms with E-state index in [2.05, 4.69) is 6.07 Å². The molecule has 0 saturated heterocycles. The van der Waals surface area contributed by atoms with Gasteiger partial charge in [0.15, 0.2) is 6.54 Å². The first-order valence-corrected chi connectivity index (χ1v) is 8.84. The Morgan fingerprint density at radius 2 is 1.96 bits per heavy atom. The lowest BCUT2D eigenvalue weighted by Gasteiger charge is -2.23. The summed E-state index contributed by atoms with van der Waals surface area (Å²) >= 11 is 6.23. The second-order valence-corrected chi connectivity index (χ2v) is 6.28. The lowest BCUT2D eigenvalue weighted by molar-refractivity contribution is -0.682. The number of carbonyl (C=O) groups excluding carboxylic acids is 1. The van der Waals surface area contributed by atoms with Crippen molar-refractivity contribution in [3.05, 3.63) is 59.1 Å². The molecule has 0 heterocycles. The van der Waals surface area contributed by atoms with Crippen molar-refractivity contribution in [3.8, 4) is 11.8 Å². The molecule has 2 rings (SSSR count). The van der Waals surface area contributed by atoms with E-state index >= 15 is 0 Å². The predicted molar refractivity (Wildman–Crippen MR) is 102 cm³/mol. The van der Waals surface area contributed by atoms with E-state index in [0.29, 0.717) is 23.0 Å². The number of halogens is 1. The molecule has 1 amide bonds. The van der Waals surface area contributed by atoms with Crippen molar-refractivity contribution in [2.45, 2.75) is 19.4 Å². The van der Waals surface area contributed by atoms with Crippen molar-refractivity contribution < 1.29 is 14.8 Å². The van der Waals surface area contributed by atoms with E-state index in [1.165, 1.54) is 0 Å². The van der Waals surface area contributed by atoms with Crippen LogP contribution in [0.4, 0.5) is 5.69 Å². The fourth-order valence-electron chi connectivity index (χ4n) is 2.75. The molecule has 0 fully saturated rings. The van der Waals surface area contributed by atoms with Crippen molar-refractivity contribution >= 4 is 23.2 Å². The minimum Gasteiger partial charge on any atom is -0.495 e. The summed E-state index contributed by atoms with van der Waals surface area (Å²) in [6.45, 7) is 2.58. The van der Waals surface area contributed by atoms with Crippen LogP contribution in [0.15, 0.2) is 48.5 Å². The van der Waals surface area contributed by atoms with Crippen LogP contribution in [0.2, 0.25) is 5.02 Å². The van der Waals surface area contributed by atoms with Gasteiger partial charge in [0.25, 0.3) is 5.91 Å². The largest absolute Gasteiger partial charge is 0.495 e. The van der Waals surface area contributed by atoms with E-state index < -0.39 is 0 Å². The Hall–Kier alpha value is -2.55. The molecule has 6 heteroatoms. The summed E-state index contributed by atoms with van der Waals surface area (Å²) in [6.07, 6.45) is 0.254. The number of ether oxygens (including phenoxy) is 1. The molecule has 0 aromatic heterocycles. The number of hydrogen-bond donors (Lipinski definition) is 1. The molecule has 5 nitrogen and oxygen atoms in total. The third-order valence-electron chi connectivity index (χ3n) is 4.17. The summed E-state index contributed by atoms with van der Waals surface area (Å²) in [5, 5.41) is 11.6. The van der Waals surface area contributed by atoms with Gasteiger partial charge in [-0.25, -0.2) is 0 Å². The number of carbonyl (C=O) groups is 1. The minimum absolute atomic E-state index is 0.0446. The van der Waals surface area contributed by atoms with Gasteiger partial charge in [-0.15, -0.1) is 0 Å². The number of hydrogen-bond acceptors (Lipinski definition) is 3. The van der Waals surface area contributed by atoms with Gasteiger partial charge in [-0.3, -0.25) is 4.79 Å². The summed E-state index contributed by atoms with van der Waals surface area (Å²) < 4.78 is 5.36. The predicted octanol–water partition coefficient (Wildman–Crippen LogP) is 2.92. The minimum atomic E-state index is -0.0800. The topological polar surface area (TPSA) is 69.9 Å². The molecular weight excluding hydrogens is 350 g/mol. The standard InChI is InChI=1S/C20H22ClN3O2/c1-15(16-8-3-4-9-17(16)21)23-14-20(25)24(13-7-12-22)18-10-5-6-11-19(18)26-2/h3-6,8-11,15,23H,7,13-14H2,1-2H3/p+1/t15-/m0/s1. The zero-order valence-electron chi connectivity index (χ0n) is 15.0. The average Bonchev–Trinajstić information content (AvgIpc) is 2.67. The Morgan fingerprint density at radius 3 is 2.65 bits per heavy atom. The van der Waals surface area contributed by atoms with Crippen LogP contribution in [0.1, 0.15) is 24.9 Å². The highest BCUT2D eigenvalue weighted by atomic mass is 35.5. The van der Waals surface area contributed by atoms with Crippen molar-refractivity contribution in [1.82, 2.24) is 0 Å². The third-order valence-corrected chi connectivity index (χ3v) is 4.51. The summed E-state index contributed by atoms with van der Waals surface area (Å²) in [7, 11) is 1.57. The van der Waals surface area contributed by atoms with Crippen LogP contribution in [0.3, 0.4) is 0 Å². The molecule has 0 aliphatic carbocycles. The molecule has 2 aromatic carbocycles. The number of nitrogens with two attached hydrogens (primary N) is 1. The first-order chi connectivity index (χ1) is 12.6. The van der Waals surface area contributed by atoms with Gasteiger partial charge in [0.05, 0.1) is 25.3 Å². The number of rotatable bonds is 8. The normalized spacial score (nSPS) is 11.5. The molecule has 0 saturated carbocycles. The molecule has 0 bridgehead atoms.